The first-order valence-electron chi connectivity index (χ1n) is 9.32. The van der Waals surface area contributed by atoms with Crippen LogP contribution in [0.2, 0.25) is 0 Å². The molecular weight excluding hydrogens is 244 g/mol. The fourth-order valence-corrected chi connectivity index (χ4v) is 3.20. The van der Waals surface area contributed by atoms with E-state index in [0.717, 1.165) is 19.1 Å². The third-order valence-corrected chi connectivity index (χ3v) is 4.81. The van der Waals surface area contributed by atoms with Gasteiger partial charge in [0, 0.05) is 19.1 Å². The number of unbranched alkanes of at least 4 members (excludes halogenated alkanes) is 9. The fraction of sp³-hybridized carbons (Fsp3) is 1.00. The predicted octanol–water partition coefficient (Wildman–Crippen LogP) is 4.72. The summed E-state index contributed by atoms with van der Waals surface area (Å²) in [6, 6.07) is 0.872. The maximum Gasteiger partial charge on any atom is 0.0108 e. The Labute approximate surface area is 127 Å². The van der Waals surface area contributed by atoms with Gasteiger partial charge in [-0.3, -0.25) is 4.90 Å². The third kappa shape index (κ3) is 8.26. The van der Waals surface area contributed by atoms with E-state index in [1.807, 2.05) is 0 Å². The van der Waals surface area contributed by atoms with E-state index in [1.165, 1.54) is 90.0 Å². The molecule has 1 rings (SSSR count). The van der Waals surface area contributed by atoms with Gasteiger partial charge < -0.3 is 5.73 Å². The minimum atomic E-state index is 0.828. The molecule has 2 heteroatoms. The Bertz CT molecular complexity index is 202. The highest BCUT2D eigenvalue weighted by Crippen LogP contribution is 2.24. The maximum atomic E-state index is 5.72. The van der Waals surface area contributed by atoms with Crippen molar-refractivity contribution in [1.29, 1.82) is 0 Å². The van der Waals surface area contributed by atoms with Crippen LogP contribution in [0.15, 0.2) is 0 Å². The van der Waals surface area contributed by atoms with Crippen LogP contribution in [0.3, 0.4) is 0 Å². The molecule has 0 aromatic rings. The molecule has 1 aliphatic carbocycles. The van der Waals surface area contributed by atoms with Crippen molar-refractivity contribution >= 4 is 0 Å². The lowest BCUT2D eigenvalue weighted by atomic mass is 9.91. The summed E-state index contributed by atoms with van der Waals surface area (Å²) in [5.41, 5.74) is 5.72. The van der Waals surface area contributed by atoms with Crippen molar-refractivity contribution in [2.24, 2.45) is 5.73 Å². The van der Waals surface area contributed by atoms with Gasteiger partial charge in [-0.05, 0) is 25.8 Å². The van der Waals surface area contributed by atoms with E-state index in [0.29, 0.717) is 0 Å². The summed E-state index contributed by atoms with van der Waals surface area (Å²) in [4.78, 5) is 2.65. The largest absolute Gasteiger partial charge is 0.329 e. The van der Waals surface area contributed by atoms with Crippen LogP contribution < -0.4 is 5.73 Å². The molecule has 0 aromatic heterocycles. The van der Waals surface area contributed by atoms with Crippen LogP contribution in [0.25, 0.3) is 0 Å². The molecule has 120 valence electrons. The van der Waals surface area contributed by atoms with Gasteiger partial charge in [0.25, 0.3) is 0 Å². The van der Waals surface area contributed by atoms with Crippen LogP contribution in [0.4, 0.5) is 0 Å². The average molecular weight is 283 g/mol. The van der Waals surface area contributed by atoms with Crippen molar-refractivity contribution in [3.05, 3.63) is 0 Å². The lowest BCUT2D eigenvalue weighted by molar-refractivity contribution is 0.128. The van der Waals surface area contributed by atoms with E-state index in [-0.39, 0.29) is 0 Å². The highest BCUT2D eigenvalue weighted by Gasteiger charge is 2.23. The lowest BCUT2D eigenvalue weighted by Crippen LogP contribution is -2.43. The van der Waals surface area contributed by atoms with Crippen molar-refractivity contribution in [1.82, 2.24) is 4.90 Å². The van der Waals surface area contributed by atoms with E-state index in [2.05, 4.69) is 11.8 Å². The molecule has 0 spiro atoms. The zero-order chi connectivity index (χ0) is 14.5. The van der Waals surface area contributed by atoms with Gasteiger partial charge >= 0.3 is 0 Å². The molecule has 0 amide bonds. The summed E-state index contributed by atoms with van der Waals surface area (Å²) in [6.45, 7) is 5.52. The number of rotatable bonds is 14. The van der Waals surface area contributed by atoms with E-state index in [4.69, 9.17) is 5.73 Å². The lowest BCUT2D eigenvalue weighted by Gasteiger charge is -2.37. The summed E-state index contributed by atoms with van der Waals surface area (Å²) in [5, 5.41) is 0. The fourth-order valence-electron chi connectivity index (χ4n) is 3.20. The van der Waals surface area contributed by atoms with Crippen molar-refractivity contribution in [3.63, 3.8) is 0 Å². The van der Waals surface area contributed by atoms with Gasteiger partial charge in [0.1, 0.15) is 0 Å². The maximum absolute atomic E-state index is 5.72. The van der Waals surface area contributed by atoms with E-state index in [9.17, 15) is 0 Å². The van der Waals surface area contributed by atoms with Gasteiger partial charge in [-0.2, -0.15) is 0 Å². The normalized spacial score (nSPS) is 15.8. The standard InChI is InChI=1S/C18H38N2/c1-2-3-4-5-6-7-8-9-10-11-16-20(17-15-19)18-13-12-14-18/h18H,2-17,19H2,1H3. The molecule has 0 aromatic carbocycles. The van der Waals surface area contributed by atoms with E-state index < -0.39 is 0 Å². The van der Waals surface area contributed by atoms with Crippen LogP contribution in [-0.2, 0) is 0 Å². The summed E-state index contributed by atoms with van der Waals surface area (Å²) in [7, 11) is 0. The van der Waals surface area contributed by atoms with Gasteiger partial charge in [-0.25, -0.2) is 0 Å². The molecule has 0 heterocycles. The Morgan fingerprint density at radius 3 is 1.80 bits per heavy atom. The zero-order valence-electron chi connectivity index (χ0n) is 13.9. The molecule has 0 unspecified atom stereocenters. The second kappa shape index (κ2) is 12.6. The molecule has 0 radical (unpaired) electrons. The van der Waals surface area contributed by atoms with Crippen molar-refractivity contribution < 1.29 is 0 Å². The Kier molecular flexibility index (Phi) is 11.4. The molecule has 0 aliphatic heterocycles. The van der Waals surface area contributed by atoms with Crippen LogP contribution in [0, 0.1) is 0 Å². The van der Waals surface area contributed by atoms with E-state index in [1.54, 1.807) is 0 Å². The number of nitrogens with two attached hydrogens (primary N) is 1. The summed E-state index contributed by atoms with van der Waals surface area (Å²) >= 11 is 0. The molecule has 2 nitrogen and oxygen atoms in total. The average Bonchev–Trinajstić information content (AvgIpc) is 2.39. The summed E-state index contributed by atoms with van der Waals surface area (Å²) < 4.78 is 0. The second-order valence-corrected chi connectivity index (χ2v) is 6.59. The molecule has 1 saturated carbocycles. The minimum absolute atomic E-state index is 0.828. The number of hydrogen-bond donors (Lipinski definition) is 1. The van der Waals surface area contributed by atoms with E-state index >= 15 is 0 Å². The quantitative estimate of drug-likeness (QED) is 0.467. The highest BCUT2D eigenvalue weighted by molar-refractivity contribution is 4.80. The van der Waals surface area contributed by atoms with Crippen molar-refractivity contribution in [2.75, 3.05) is 19.6 Å². The highest BCUT2D eigenvalue weighted by atomic mass is 15.2. The van der Waals surface area contributed by atoms with Crippen LogP contribution in [-0.4, -0.2) is 30.6 Å². The first-order chi connectivity index (χ1) is 9.88. The second-order valence-electron chi connectivity index (χ2n) is 6.59. The number of nitrogens with zero attached hydrogens (tertiary/aromatic N) is 1. The Morgan fingerprint density at radius 2 is 1.35 bits per heavy atom. The summed E-state index contributed by atoms with van der Waals surface area (Å²) in [6.07, 6.45) is 18.6. The summed E-state index contributed by atoms with van der Waals surface area (Å²) in [5.74, 6) is 0. The molecule has 0 saturated heterocycles. The van der Waals surface area contributed by atoms with Gasteiger partial charge in [0.05, 0.1) is 0 Å². The first kappa shape index (κ1) is 18.0. The first-order valence-corrected chi connectivity index (χ1v) is 9.32. The smallest absolute Gasteiger partial charge is 0.0108 e. The van der Waals surface area contributed by atoms with Gasteiger partial charge in [-0.1, -0.05) is 71.1 Å². The molecule has 0 atom stereocenters. The van der Waals surface area contributed by atoms with Crippen molar-refractivity contribution in [2.45, 2.75) is 96.4 Å². The molecule has 0 bridgehead atoms. The Morgan fingerprint density at radius 1 is 0.800 bits per heavy atom. The molecule has 1 aliphatic rings. The minimum Gasteiger partial charge on any atom is -0.329 e. The Hall–Kier alpha value is -0.0800. The van der Waals surface area contributed by atoms with Crippen LogP contribution in [0.5, 0.6) is 0 Å². The monoisotopic (exact) mass is 282 g/mol. The molecular formula is C18H38N2. The third-order valence-electron chi connectivity index (χ3n) is 4.81. The zero-order valence-corrected chi connectivity index (χ0v) is 13.9. The van der Waals surface area contributed by atoms with Gasteiger partial charge in [-0.15, -0.1) is 0 Å². The SMILES string of the molecule is CCCCCCCCCCCCN(CCN)C1CCC1. The van der Waals surface area contributed by atoms with Crippen LogP contribution in [0.1, 0.15) is 90.4 Å². The molecule has 1 fully saturated rings. The van der Waals surface area contributed by atoms with Gasteiger partial charge in [0.15, 0.2) is 0 Å². The number of hydrogen-bond acceptors (Lipinski definition) is 2. The topological polar surface area (TPSA) is 29.3 Å². The Balaban J connectivity index is 1.85. The van der Waals surface area contributed by atoms with Crippen molar-refractivity contribution in [3.8, 4) is 0 Å². The van der Waals surface area contributed by atoms with Crippen LogP contribution >= 0.6 is 0 Å². The van der Waals surface area contributed by atoms with Gasteiger partial charge in [0.2, 0.25) is 0 Å². The predicted molar refractivity (Wildman–Crippen MR) is 90.1 cm³/mol. The molecule has 20 heavy (non-hydrogen) atoms. The molecule has 2 N–H and O–H groups in total.